The molecule has 0 saturated carbocycles. The minimum Gasteiger partial charge on any atom is -0.486 e. The van der Waals surface area contributed by atoms with Gasteiger partial charge in [0, 0.05) is 6.20 Å². The molecule has 0 saturated heterocycles. The van der Waals surface area contributed by atoms with E-state index in [0.717, 1.165) is 12.1 Å². The van der Waals surface area contributed by atoms with Crippen LogP contribution < -0.4 is 10.5 Å². The molecule has 0 spiro atoms. The van der Waals surface area contributed by atoms with E-state index in [4.69, 9.17) is 10.5 Å². The topological polar surface area (TPSA) is 65.4 Å². The van der Waals surface area contributed by atoms with Crippen molar-refractivity contribution in [2.24, 2.45) is 0 Å². The summed E-state index contributed by atoms with van der Waals surface area (Å²) >= 11 is 0. The smallest absolute Gasteiger partial charge is 0.416 e. The van der Waals surface area contributed by atoms with Gasteiger partial charge in [0.15, 0.2) is 11.5 Å². The third kappa shape index (κ3) is 2.80. The highest BCUT2D eigenvalue weighted by Crippen LogP contribution is 2.30. The highest BCUT2D eigenvalue weighted by atomic mass is 19.4. The lowest BCUT2D eigenvalue weighted by molar-refractivity contribution is -0.137. The van der Waals surface area contributed by atoms with Crippen LogP contribution in [0.5, 0.6) is 5.75 Å². The number of hydrogen-bond acceptors (Lipinski definition) is 4. The second kappa shape index (κ2) is 5.21. The molecule has 1 aromatic carbocycles. The molecule has 3 aromatic rings. The van der Waals surface area contributed by atoms with Crippen LogP contribution in [0.4, 0.5) is 18.9 Å². The van der Waals surface area contributed by atoms with Crippen molar-refractivity contribution in [2.45, 2.75) is 12.8 Å². The fourth-order valence-corrected chi connectivity index (χ4v) is 1.92. The molecule has 0 fully saturated rings. The van der Waals surface area contributed by atoms with Gasteiger partial charge in [0.05, 0.1) is 11.3 Å². The molecule has 114 valence electrons. The van der Waals surface area contributed by atoms with Crippen molar-refractivity contribution in [3.8, 4) is 5.75 Å². The quantitative estimate of drug-likeness (QED) is 0.808. The minimum absolute atomic E-state index is 0.0342. The maximum absolute atomic E-state index is 12.5. The summed E-state index contributed by atoms with van der Waals surface area (Å²) in [5, 5.41) is 4.17. The van der Waals surface area contributed by atoms with Crippen molar-refractivity contribution in [3.63, 3.8) is 0 Å². The third-order valence-corrected chi connectivity index (χ3v) is 2.99. The molecule has 8 heteroatoms. The van der Waals surface area contributed by atoms with Crippen LogP contribution >= 0.6 is 0 Å². The number of rotatable bonds is 3. The maximum Gasteiger partial charge on any atom is 0.416 e. The molecule has 0 radical (unpaired) electrons. The first kappa shape index (κ1) is 14.2. The molecule has 22 heavy (non-hydrogen) atoms. The van der Waals surface area contributed by atoms with Crippen molar-refractivity contribution in [1.82, 2.24) is 14.6 Å². The Morgan fingerprint density at radius 2 is 1.86 bits per heavy atom. The van der Waals surface area contributed by atoms with E-state index in [1.165, 1.54) is 16.6 Å². The van der Waals surface area contributed by atoms with Gasteiger partial charge in [-0.25, -0.2) is 9.50 Å². The molecular formula is C14H11F3N4O. The van der Waals surface area contributed by atoms with Crippen LogP contribution in [0.1, 0.15) is 11.4 Å². The first-order chi connectivity index (χ1) is 10.4. The summed E-state index contributed by atoms with van der Waals surface area (Å²) < 4.78 is 44.3. The first-order valence-electron chi connectivity index (χ1n) is 6.33. The lowest BCUT2D eigenvalue weighted by Gasteiger charge is -2.08. The van der Waals surface area contributed by atoms with Gasteiger partial charge in [-0.15, -0.1) is 5.10 Å². The number of anilines is 1. The van der Waals surface area contributed by atoms with Gasteiger partial charge in [-0.3, -0.25) is 0 Å². The summed E-state index contributed by atoms with van der Waals surface area (Å²) in [5.41, 5.74) is 6.03. The number of nitrogens with zero attached hydrogens (tertiary/aromatic N) is 3. The molecule has 0 atom stereocenters. The molecule has 5 nitrogen and oxygen atoms in total. The Bertz CT molecular complexity index is 796. The Kier molecular flexibility index (Phi) is 3.36. The largest absolute Gasteiger partial charge is 0.486 e. The predicted octanol–water partition coefficient (Wildman–Crippen LogP) is 2.91. The van der Waals surface area contributed by atoms with E-state index in [-0.39, 0.29) is 6.61 Å². The molecule has 0 aliphatic rings. The van der Waals surface area contributed by atoms with E-state index < -0.39 is 11.7 Å². The van der Waals surface area contributed by atoms with Gasteiger partial charge < -0.3 is 10.5 Å². The van der Waals surface area contributed by atoms with Crippen LogP contribution in [-0.4, -0.2) is 14.6 Å². The van der Waals surface area contributed by atoms with E-state index in [0.29, 0.717) is 22.9 Å². The van der Waals surface area contributed by atoms with E-state index in [1.807, 2.05) is 0 Å². The molecule has 3 rings (SSSR count). The number of aromatic nitrogens is 3. The average molecular weight is 308 g/mol. The van der Waals surface area contributed by atoms with E-state index in [2.05, 4.69) is 10.1 Å². The van der Waals surface area contributed by atoms with Gasteiger partial charge >= 0.3 is 6.18 Å². The van der Waals surface area contributed by atoms with Crippen LogP contribution in [0.25, 0.3) is 5.65 Å². The molecule has 0 aliphatic heterocycles. The second-order valence-corrected chi connectivity index (χ2v) is 4.57. The Labute approximate surface area is 123 Å². The van der Waals surface area contributed by atoms with Crippen molar-refractivity contribution >= 4 is 11.3 Å². The van der Waals surface area contributed by atoms with Gasteiger partial charge in [0.25, 0.3) is 0 Å². The summed E-state index contributed by atoms with van der Waals surface area (Å²) in [5.74, 6) is 0.692. The van der Waals surface area contributed by atoms with Gasteiger partial charge in [-0.05, 0) is 36.4 Å². The van der Waals surface area contributed by atoms with Gasteiger partial charge in [0.2, 0.25) is 0 Å². The highest BCUT2D eigenvalue weighted by molar-refractivity contribution is 5.63. The number of alkyl halides is 3. The summed E-state index contributed by atoms with van der Waals surface area (Å²) in [4.78, 5) is 4.21. The van der Waals surface area contributed by atoms with Crippen LogP contribution in [0.2, 0.25) is 0 Å². The fraction of sp³-hybridized carbons (Fsp3) is 0.143. The monoisotopic (exact) mass is 308 g/mol. The third-order valence-electron chi connectivity index (χ3n) is 2.99. The van der Waals surface area contributed by atoms with E-state index in [9.17, 15) is 13.2 Å². The molecule has 0 bridgehead atoms. The Balaban J connectivity index is 1.72. The number of pyridine rings is 1. The van der Waals surface area contributed by atoms with Crippen LogP contribution in [0, 0.1) is 0 Å². The number of ether oxygens (including phenoxy) is 1. The summed E-state index contributed by atoms with van der Waals surface area (Å²) in [6, 6.07) is 7.87. The van der Waals surface area contributed by atoms with Crippen molar-refractivity contribution < 1.29 is 17.9 Å². The molecule has 2 N–H and O–H groups in total. The Morgan fingerprint density at radius 3 is 2.50 bits per heavy atom. The molecule has 2 aromatic heterocycles. The lowest BCUT2D eigenvalue weighted by Crippen LogP contribution is -2.04. The normalized spacial score (nSPS) is 11.8. The Morgan fingerprint density at radius 1 is 1.14 bits per heavy atom. The Hall–Kier alpha value is -2.77. The number of nitrogen functional groups attached to an aromatic ring is 1. The summed E-state index contributed by atoms with van der Waals surface area (Å²) in [7, 11) is 0. The first-order valence-corrected chi connectivity index (χ1v) is 6.33. The van der Waals surface area contributed by atoms with Crippen molar-refractivity contribution in [2.75, 3.05) is 5.73 Å². The average Bonchev–Trinajstić information content (AvgIpc) is 2.89. The van der Waals surface area contributed by atoms with Crippen molar-refractivity contribution in [3.05, 3.63) is 54.0 Å². The zero-order chi connectivity index (χ0) is 15.7. The van der Waals surface area contributed by atoms with Gasteiger partial charge in [-0.2, -0.15) is 13.2 Å². The summed E-state index contributed by atoms with van der Waals surface area (Å²) in [6.45, 7) is 0.0342. The molecular weight excluding hydrogens is 297 g/mol. The number of benzene rings is 1. The summed E-state index contributed by atoms with van der Waals surface area (Å²) in [6.07, 6.45) is -2.67. The maximum atomic E-state index is 12.5. The molecule has 0 unspecified atom stereocenters. The molecule has 0 aliphatic carbocycles. The number of halogens is 3. The SMILES string of the molecule is Nc1cccn2nc(COc3ccc(C(F)(F)F)cc3)nc12. The standard InChI is InChI=1S/C14H11F3N4O/c15-14(16,17)9-3-5-10(6-4-9)22-8-12-19-13-11(18)2-1-7-21(13)20-12/h1-7H,8,18H2. The van der Waals surface area contributed by atoms with Crippen LogP contribution in [-0.2, 0) is 12.8 Å². The highest BCUT2D eigenvalue weighted by Gasteiger charge is 2.30. The molecule has 0 amide bonds. The zero-order valence-electron chi connectivity index (χ0n) is 11.2. The minimum atomic E-state index is -4.36. The second-order valence-electron chi connectivity index (χ2n) is 4.57. The van der Waals surface area contributed by atoms with Gasteiger partial charge in [-0.1, -0.05) is 0 Å². The fourth-order valence-electron chi connectivity index (χ4n) is 1.92. The number of hydrogen-bond donors (Lipinski definition) is 1. The molecule has 2 heterocycles. The van der Waals surface area contributed by atoms with Crippen molar-refractivity contribution in [1.29, 1.82) is 0 Å². The zero-order valence-corrected chi connectivity index (χ0v) is 11.2. The van der Waals surface area contributed by atoms with E-state index in [1.54, 1.807) is 18.3 Å². The van der Waals surface area contributed by atoms with Gasteiger partial charge in [0.1, 0.15) is 12.4 Å². The lowest BCUT2D eigenvalue weighted by atomic mass is 10.2. The van der Waals surface area contributed by atoms with Crippen LogP contribution in [0.3, 0.4) is 0 Å². The van der Waals surface area contributed by atoms with E-state index >= 15 is 0 Å². The predicted molar refractivity (Wildman–Crippen MR) is 73.2 cm³/mol. The number of nitrogens with two attached hydrogens (primary N) is 1. The van der Waals surface area contributed by atoms with Crippen LogP contribution in [0.15, 0.2) is 42.6 Å². The number of fused-ring (bicyclic) bond motifs is 1.